The van der Waals surface area contributed by atoms with E-state index in [9.17, 15) is 0 Å². The summed E-state index contributed by atoms with van der Waals surface area (Å²) in [6, 6.07) is 9.96. The first-order valence-corrected chi connectivity index (χ1v) is 11.2. The van der Waals surface area contributed by atoms with Crippen molar-refractivity contribution in [1.82, 2.24) is 0 Å². The van der Waals surface area contributed by atoms with Crippen LogP contribution in [0.2, 0.25) is 0 Å². The summed E-state index contributed by atoms with van der Waals surface area (Å²) in [7, 11) is 0. The molecule has 0 radical (unpaired) electrons. The molecule has 1 aliphatic carbocycles. The van der Waals surface area contributed by atoms with Crippen LogP contribution in [0.5, 0.6) is 5.75 Å². The van der Waals surface area contributed by atoms with Crippen molar-refractivity contribution >= 4 is 3.81 Å². The molecule has 0 aliphatic heterocycles. The molecule has 27 heavy (non-hydrogen) atoms. The molecule has 0 aromatic heterocycles. The van der Waals surface area contributed by atoms with E-state index in [1.807, 2.05) is 30.3 Å². The Morgan fingerprint density at radius 1 is 1.11 bits per heavy atom. The first-order valence-electron chi connectivity index (χ1n) is 9.67. The summed E-state index contributed by atoms with van der Waals surface area (Å²) in [5.74, 6) is 0.922. The topological polar surface area (TPSA) is 9.23 Å². The van der Waals surface area contributed by atoms with Crippen LogP contribution in [0.1, 0.15) is 54.9 Å². The summed E-state index contributed by atoms with van der Waals surface area (Å²) in [5.41, 5.74) is 2.71. The Hall–Kier alpha value is -1.44. The van der Waals surface area contributed by atoms with Gasteiger partial charge in [0.25, 0.3) is 0 Å². The number of rotatable bonds is 5. The summed E-state index contributed by atoms with van der Waals surface area (Å²) in [6.07, 6.45) is 12.2. The molecule has 145 valence electrons. The molecule has 0 saturated carbocycles. The monoisotopic (exact) mass is 399 g/mol. The predicted molar refractivity (Wildman–Crippen MR) is 117 cm³/mol. The normalized spacial score (nSPS) is 14.1. The van der Waals surface area contributed by atoms with Crippen molar-refractivity contribution in [1.29, 1.82) is 0 Å². The van der Waals surface area contributed by atoms with E-state index in [1.54, 1.807) is 7.69 Å². The third kappa shape index (κ3) is 10.5. The molecule has 2 rings (SSSR count). The molecule has 0 saturated heterocycles. The quantitative estimate of drug-likeness (QED) is 0.378. The Kier molecular flexibility index (Phi) is 10.6. The van der Waals surface area contributed by atoms with E-state index in [0.717, 1.165) is 5.75 Å². The summed E-state index contributed by atoms with van der Waals surface area (Å²) >= 11 is 0.153. The van der Waals surface area contributed by atoms with Gasteiger partial charge in [-0.15, -0.1) is 0 Å². The van der Waals surface area contributed by atoms with E-state index in [-0.39, 0.29) is 24.1 Å². The molecular formula is C25H35OTi. The molecule has 0 spiro atoms. The minimum atomic E-state index is 0.124. The zero-order valence-corrected chi connectivity index (χ0v) is 19.7. The molecule has 0 N–H and O–H groups in total. The number of ether oxygens (including phenoxy) is 1. The standard InChI is InChI=1S/C17H24O.C5H5.C3H6.Ti/c1-6-14(2)12-15(17(3,4)5)13-18-16-10-8-7-9-11-16;1-2-4-5-3-1;1-3-2;/h6-12H,13H2,1-5H3;1-3H,4H2;1-2H3;. The molecule has 1 aromatic rings. The van der Waals surface area contributed by atoms with Crippen molar-refractivity contribution in [3.8, 4) is 5.75 Å². The number of hydrogen-bond donors (Lipinski definition) is 0. The molecule has 0 fully saturated rings. The van der Waals surface area contributed by atoms with Crippen molar-refractivity contribution in [2.45, 2.75) is 54.9 Å². The second-order valence-electron chi connectivity index (χ2n) is 8.00. The van der Waals surface area contributed by atoms with Gasteiger partial charge in [0, 0.05) is 0 Å². The van der Waals surface area contributed by atoms with Crippen molar-refractivity contribution in [3.63, 3.8) is 0 Å². The van der Waals surface area contributed by atoms with Gasteiger partial charge in [0.05, 0.1) is 0 Å². The van der Waals surface area contributed by atoms with Crippen LogP contribution in [0.4, 0.5) is 0 Å². The third-order valence-electron chi connectivity index (χ3n) is 4.14. The molecule has 2 heteroatoms. The Labute approximate surface area is 175 Å². The van der Waals surface area contributed by atoms with E-state index >= 15 is 0 Å². The van der Waals surface area contributed by atoms with Crippen LogP contribution >= 0.6 is 0 Å². The van der Waals surface area contributed by atoms with Gasteiger partial charge in [0.15, 0.2) is 0 Å². The SMILES string of the molecule is CC=C(C)C=C(COc1ccccc1)C(C)(C)C.C[C](C)=[Ti][C]1=CC=CC1. The molecule has 1 aliphatic rings. The average Bonchev–Trinajstić information content (AvgIpc) is 3.11. The van der Waals surface area contributed by atoms with Gasteiger partial charge >= 0.3 is 64.9 Å². The second kappa shape index (κ2) is 12.1. The Morgan fingerprint density at radius 2 is 1.78 bits per heavy atom. The van der Waals surface area contributed by atoms with Crippen molar-refractivity contribution < 1.29 is 23.4 Å². The van der Waals surface area contributed by atoms with E-state index in [4.69, 9.17) is 4.74 Å². The zero-order valence-electron chi connectivity index (χ0n) is 18.1. The van der Waals surface area contributed by atoms with Gasteiger partial charge in [0.1, 0.15) is 12.4 Å². The fourth-order valence-corrected chi connectivity index (χ4v) is 4.00. The maximum atomic E-state index is 5.84. The summed E-state index contributed by atoms with van der Waals surface area (Å²) in [4.78, 5) is 0. The number of allylic oxidation sites excluding steroid dienone is 7. The molecule has 0 bridgehead atoms. The Balaban J connectivity index is 0.000000337. The van der Waals surface area contributed by atoms with Crippen molar-refractivity contribution in [2.24, 2.45) is 5.41 Å². The van der Waals surface area contributed by atoms with Crippen molar-refractivity contribution in [3.05, 3.63) is 75.7 Å². The summed E-state index contributed by atoms with van der Waals surface area (Å²) in [5, 5.41) is 0. The van der Waals surface area contributed by atoms with Crippen LogP contribution in [-0.4, -0.2) is 10.4 Å². The first-order chi connectivity index (χ1) is 12.7. The van der Waals surface area contributed by atoms with Crippen LogP contribution in [0, 0.1) is 5.41 Å². The van der Waals surface area contributed by atoms with Gasteiger partial charge in [-0.1, -0.05) is 56.7 Å². The zero-order chi connectivity index (χ0) is 20.3. The number of hydrogen-bond acceptors (Lipinski definition) is 1. The Bertz CT molecular complexity index is 721. The molecular weight excluding hydrogens is 364 g/mol. The fraction of sp³-hybridized carbons (Fsp3) is 0.400. The van der Waals surface area contributed by atoms with Gasteiger partial charge in [-0.25, -0.2) is 0 Å². The van der Waals surface area contributed by atoms with Gasteiger partial charge in [0.2, 0.25) is 0 Å². The van der Waals surface area contributed by atoms with Crippen molar-refractivity contribution in [2.75, 3.05) is 6.61 Å². The van der Waals surface area contributed by atoms with Crippen LogP contribution < -0.4 is 4.74 Å². The van der Waals surface area contributed by atoms with Gasteiger partial charge in [-0.05, 0) is 37.0 Å². The van der Waals surface area contributed by atoms with E-state index in [0.29, 0.717) is 6.61 Å². The van der Waals surface area contributed by atoms with Crippen LogP contribution in [-0.2, 0) is 18.7 Å². The molecule has 1 aromatic carbocycles. The Morgan fingerprint density at radius 3 is 2.26 bits per heavy atom. The molecule has 0 unspecified atom stereocenters. The molecule has 0 atom stereocenters. The number of benzene rings is 1. The summed E-state index contributed by atoms with van der Waals surface area (Å²) < 4.78 is 9.15. The maximum absolute atomic E-state index is 5.84. The fourth-order valence-electron chi connectivity index (χ4n) is 2.37. The average molecular weight is 399 g/mol. The molecule has 1 nitrogen and oxygen atoms in total. The number of para-hydroxylation sites is 1. The third-order valence-corrected chi connectivity index (χ3v) is 6.00. The second-order valence-corrected chi connectivity index (χ2v) is 11.0. The molecule has 0 heterocycles. The van der Waals surface area contributed by atoms with Crippen LogP contribution in [0.25, 0.3) is 0 Å². The van der Waals surface area contributed by atoms with E-state index in [2.05, 4.69) is 78.8 Å². The van der Waals surface area contributed by atoms with Crippen LogP contribution in [0.3, 0.4) is 0 Å². The summed E-state index contributed by atoms with van der Waals surface area (Å²) in [6.45, 7) is 15.9. The predicted octanol–water partition coefficient (Wildman–Crippen LogP) is 7.13. The van der Waals surface area contributed by atoms with Gasteiger partial charge in [-0.3, -0.25) is 0 Å². The van der Waals surface area contributed by atoms with Crippen LogP contribution in [0.15, 0.2) is 75.7 Å². The van der Waals surface area contributed by atoms with E-state index in [1.165, 1.54) is 17.6 Å². The van der Waals surface area contributed by atoms with Gasteiger partial charge < -0.3 is 4.74 Å². The first kappa shape index (κ1) is 23.6. The molecule has 0 amide bonds. The minimum absolute atomic E-state index is 0.124. The van der Waals surface area contributed by atoms with Gasteiger partial charge in [-0.2, -0.15) is 0 Å². The van der Waals surface area contributed by atoms with E-state index < -0.39 is 0 Å².